The molecule has 124 valence electrons. The standard InChI is InChI=1S/C16H13NO7/c1-22-12-6-4-9-13(15(12)23-2)16(19)24-14(9)10-7-8(17(20)21)3-5-11(10)18/h3-7,14,18H,1-2H3/t14-/m1/s1. The maximum Gasteiger partial charge on any atom is 0.343 e. The van der Waals surface area contributed by atoms with Gasteiger partial charge in [-0.3, -0.25) is 10.1 Å². The minimum Gasteiger partial charge on any atom is -0.508 e. The van der Waals surface area contributed by atoms with E-state index >= 15 is 0 Å². The second-order valence-corrected chi connectivity index (χ2v) is 5.05. The molecule has 0 saturated carbocycles. The van der Waals surface area contributed by atoms with Crippen LogP contribution in [0.25, 0.3) is 0 Å². The SMILES string of the molecule is COc1ccc2c(c1OC)C(=O)O[C@H]2c1cc([N+](=O)[O-])ccc1O. The molecule has 1 aliphatic rings. The number of benzene rings is 2. The predicted octanol–water partition coefficient (Wildman–Crippen LogP) is 2.58. The molecule has 0 radical (unpaired) electrons. The third-order valence-electron chi connectivity index (χ3n) is 3.79. The Morgan fingerprint density at radius 2 is 1.92 bits per heavy atom. The Balaban J connectivity index is 2.17. The van der Waals surface area contributed by atoms with Crippen LogP contribution in [-0.4, -0.2) is 30.2 Å². The Kier molecular flexibility index (Phi) is 3.72. The molecule has 8 heteroatoms. The largest absolute Gasteiger partial charge is 0.508 e. The van der Waals surface area contributed by atoms with Crippen molar-refractivity contribution in [3.8, 4) is 17.2 Å². The van der Waals surface area contributed by atoms with E-state index in [4.69, 9.17) is 14.2 Å². The van der Waals surface area contributed by atoms with Gasteiger partial charge in [0, 0.05) is 23.3 Å². The number of nitrogens with zero attached hydrogens (tertiary/aromatic N) is 1. The number of aromatic hydroxyl groups is 1. The number of ether oxygens (including phenoxy) is 3. The average Bonchev–Trinajstić information content (AvgIpc) is 2.91. The van der Waals surface area contributed by atoms with E-state index in [1.807, 2.05) is 0 Å². The summed E-state index contributed by atoms with van der Waals surface area (Å²) in [5.74, 6) is -0.290. The van der Waals surface area contributed by atoms with Crippen LogP contribution in [0.2, 0.25) is 0 Å². The Hall–Kier alpha value is -3.29. The zero-order valence-corrected chi connectivity index (χ0v) is 12.8. The number of fused-ring (bicyclic) bond motifs is 1. The van der Waals surface area contributed by atoms with Crippen molar-refractivity contribution in [2.24, 2.45) is 0 Å². The number of cyclic esters (lactones) is 1. The Bertz CT molecular complexity index is 847. The summed E-state index contributed by atoms with van der Waals surface area (Å²) in [4.78, 5) is 22.6. The highest BCUT2D eigenvalue weighted by molar-refractivity contribution is 5.98. The van der Waals surface area contributed by atoms with Crippen LogP contribution >= 0.6 is 0 Å². The van der Waals surface area contributed by atoms with Crippen molar-refractivity contribution in [1.82, 2.24) is 0 Å². The van der Waals surface area contributed by atoms with Gasteiger partial charge in [0.2, 0.25) is 0 Å². The van der Waals surface area contributed by atoms with Crippen LogP contribution in [0.3, 0.4) is 0 Å². The fraction of sp³-hybridized carbons (Fsp3) is 0.188. The van der Waals surface area contributed by atoms with E-state index in [0.29, 0.717) is 11.3 Å². The topological polar surface area (TPSA) is 108 Å². The third-order valence-corrected chi connectivity index (χ3v) is 3.79. The zero-order chi connectivity index (χ0) is 17.4. The van der Waals surface area contributed by atoms with Gasteiger partial charge in [-0.25, -0.2) is 4.79 Å². The van der Waals surface area contributed by atoms with Crippen LogP contribution in [0.5, 0.6) is 17.2 Å². The summed E-state index contributed by atoms with van der Waals surface area (Å²) in [6, 6.07) is 6.75. The maximum absolute atomic E-state index is 12.3. The summed E-state index contributed by atoms with van der Waals surface area (Å²) >= 11 is 0. The molecule has 8 nitrogen and oxygen atoms in total. The first kappa shape index (κ1) is 15.6. The summed E-state index contributed by atoms with van der Waals surface area (Å²) in [5, 5.41) is 21.0. The number of hydrogen-bond acceptors (Lipinski definition) is 7. The number of non-ortho nitro benzene ring substituents is 1. The number of nitro groups is 1. The molecule has 24 heavy (non-hydrogen) atoms. The van der Waals surface area contributed by atoms with Gasteiger partial charge in [0.15, 0.2) is 17.6 Å². The van der Waals surface area contributed by atoms with E-state index in [1.165, 1.54) is 32.4 Å². The highest BCUT2D eigenvalue weighted by Gasteiger charge is 2.38. The smallest absolute Gasteiger partial charge is 0.343 e. The first-order chi connectivity index (χ1) is 11.5. The number of phenols is 1. The summed E-state index contributed by atoms with van der Waals surface area (Å²) < 4.78 is 15.7. The molecule has 1 heterocycles. The van der Waals surface area contributed by atoms with Gasteiger partial charge in [-0.05, 0) is 12.1 Å². The number of hydrogen-bond donors (Lipinski definition) is 1. The van der Waals surface area contributed by atoms with Crippen molar-refractivity contribution >= 4 is 11.7 Å². The molecule has 3 rings (SSSR count). The Labute approximate surface area is 136 Å². The lowest BCUT2D eigenvalue weighted by Crippen LogP contribution is -2.02. The molecule has 0 unspecified atom stereocenters. The number of nitro benzene ring substituents is 1. The molecule has 0 spiro atoms. The Morgan fingerprint density at radius 3 is 2.54 bits per heavy atom. The minimum atomic E-state index is -0.966. The highest BCUT2D eigenvalue weighted by atomic mass is 16.6. The van der Waals surface area contributed by atoms with Crippen molar-refractivity contribution < 1.29 is 29.0 Å². The number of methoxy groups -OCH3 is 2. The highest BCUT2D eigenvalue weighted by Crippen LogP contribution is 2.46. The van der Waals surface area contributed by atoms with Crippen LogP contribution in [0.4, 0.5) is 5.69 Å². The monoisotopic (exact) mass is 331 g/mol. The second-order valence-electron chi connectivity index (χ2n) is 5.05. The fourth-order valence-corrected chi connectivity index (χ4v) is 2.70. The predicted molar refractivity (Wildman–Crippen MR) is 81.6 cm³/mol. The van der Waals surface area contributed by atoms with Gasteiger partial charge in [0.05, 0.1) is 19.1 Å². The van der Waals surface area contributed by atoms with Crippen LogP contribution in [-0.2, 0) is 4.74 Å². The van der Waals surface area contributed by atoms with Crippen molar-refractivity contribution in [3.63, 3.8) is 0 Å². The molecular weight excluding hydrogens is 318 g/mol. The Morgan fingerprint density at radius 1 is 1.17 bits per heavy atom. The lowest BCUT2D eigenvalue weighted by Gasteiger charge is -2.13. The van der Waals surface area contributed by atoms with E-state index in [0.717, 1.165) is 0 Å². The van der Waals surface area contributed by atoms with Gasteiger partial charge in [0.1, 0.15) is 11.3 Å². The van der Waals surface area contributed by atoms with Crippen LogP contribution < -0.4 is 9.47 Å². The van der Waals surface area contributed by atoms with Crippen LogP contribution in [0, 0.1) is 10.1 Å². The number of esters is 1. The van der Waals surface area contributed by atoms with E-state index in [2.05, 4.69) is 0 Å². The minimum absolute atomic E-state index is 0.128. The van der Waals surface area contributed by atoms with Crippen molar-refractivity contribution in [2.45, 2.75) is 6.10 Å². The van der Waals surface area contributed by atoms with E-state index in [1.54, 1.807) is 12.1 Å². The molecule has 2 aromatic rings. The molecule has 0 saturated heterocycles. The summed E-state index contributed by atoms with van der Waals surface area (Å²) in [6.07, 6.45) is -0.966. The molecule has 0 aromatic heterocycles. The zero-order valence-electron chi connectivity index (χ0n) is 12.8. The number of rotatable bonds is 4. The van der Waals surface area contributed by atoms with Crippen molar-refractivity contribution in [3.05, 3.63) is 57.1 Å². The van der Waals surface area contributed by atoms with E-state index < -0.39 is 17.0 Å². The maximum atomic E-state index is 12.3. The molecule has 0 aliphatic carbocycles. The van der Waals surface area contributed by atoms with Crippen LogP contribution in [0.15, 0.2) is 30.3 Å². The quantitative estimate of drug-likeness (QED) is 0.521. The van der Waals surface area contributed by atoms with Crippen molar-refractivity contribution in [1.29, 1.82) is 0 Å². The molecule has 1 aliphatic heterocycles. The first-order valence-electron chi connectivity index (χ1n) is 6.91. The van der Waals surface area contributed by atoms with Gasteiger partial charge in [-0.1, -0.05) is 6.07 Å². The molecule has 1 N–H and O–H groups in total. The normalized spacial score (nSPS) is 15.6. The van der Waals surface area contributed by atoms with Gasteiger partial charge in [-0.2, -0.15) is 0 Å². The third kappa shape index (κ3) is 2.28. The average molecular weight is 331 g/mol. The fourth-order valence-electron chi connectivity index (χ4n) is 2.70. The molecule has 0 amide bonds. The second kappa shape index (κ2) is 5.73. The molecule has 0 fully saturated rings. The van der Waals surface area contributed by atoms with Gasteiger partial charge < -0.3 is 19.3 Å². The van der Waals surface area contributed by atoms with Gasteiger partial charge in [-0.15, -0.1) is 0 Å². The summed E-state index contributed by atoms with van der Waals surface area (Å²) in [6.45, 7) is 0. The lowest BCUT2D eigenvalue weighted by molar-refractivity contribution is -0.385. The molecule has 2 aromatic carbocycles. The summed E-state index contributed by atoms with van der Waals surface area (Å²) in [7, 11) is 2.83. The first-order valence-corrected chi connectivity index (χ1v) is 6.91. The van der Waals surface area contributed by atoms with E-state index in [9.17, 15) is 20.0 Å². The molecule has 1 atom stereocenters. The van der Waals surface area contributed by atoms with Gasteiger partial charge >= 0.3 is 5.97 Å². The number of carbonyl (C=O) groups is 1. The lowest BCUT2D eigenvalue weighted by atomic mass is 9.97. The molecular formula is C16H13NO7. The van der Waals surface area contributed by atoms with Crippen molar-refractivity contribution in [2.75, 3.05) is 14.2 Å². The van der Waals surface area contributed by atoms with E-state index in [-0.39, 0.29) is 28.3 Å². The number of phenolic OH excluding ortho intramolecular Hbond substituents is 1. The van der Waals surface area contributed by atoms with Gasteiger partial charge in [0.25, 0.3) is 5.69 Å². The summed E-state index contributed by atoms with van der Waals surface area (Å²) in [5.41, 5.74) is 0.525. The van der Waals surface area contributed by atoms with Crippen LogP contribution in [0.1, 0.15) is 27.6 Å². The molecule has 0 bridgehead atoms. The number of carbonyl (C=O) groups excluding carboxylic acids is 1.